The van der Waals surface area contributed by atoms with Crippen molar-refractivity contribution in [1.29, 1.82) is 0 Å². The molecule has 9 nitrogen and oxygen atoms in total. The van der Waals surface area contributed by atoms with Gasteiger partial charge in [0, 0.05) is 11.1 Å². The molecule has 4 bridgehead atoms. The van der Waals surface area contributed by atoms with Gasteiger partial charge in [0.2, 0.25) is 11.8 Å². The minimum Gasteiger partial charge on any atom is -0.497 e. The van der Waals surface area contributed by atoms with E-state index in [1.54, 1.807) is 7.11 Å². The van der Waals surface area contributed by atoms with Crippen LogP contribution in [-0.4, -0.2) is 44.4 Å². The molecule has 0 radical (unpaired) electrons. The summed E-state index contributed by atoms with van der Waals surface area (Å²) < 4.78 is 8.27. The highest BCUT2D eigenvalue weighted by Crippen LogP contribution is 2.60. The summed E-state index contributed by atoms with van der Waals surface area (Å²) >= 11 is 2.75. The molecule has 4 aliphatic rings. The van der Waals surface area contributed by atoms with Crippen molar-refractivity contribution >= 4 is 50.3 Å². The lowest BCUT2D eigenvalue weighted by molar-refractivity contribution is -0.146. The van der Waals surface area contributed by atoms with E-state index in [4.69, 9.17) is 4.74 Å². The lowest BCUT2D eigenvalue weighted by Crippen LogP contribution is -2.53. The Morgan fingerprint density at radius 1 is 1.02 bits per heavy atom. The van der Waals surface area contributed by atoms with Crippen molar-refractivity contribution in [1.82, 2.24) is 25.1 Å². The molecule has 0 aliphatic heterocycles. The Kier molecular flexibility index (Phi) is 6.94. The van der Waals surface area contributed by atoms with E-state index in [-0.39, 0.29) is 29.5 Å². The molecule has 4 fully saturated rings. The highest BCUT2D eigenvalue weighted by molar-refractivity contribution is 7.99. The van der Waals surface area contributed by atoms with Gasteiger partial charge in [-0.3, -0.25) is 14.2 Å². The molecule has 2 amide bonds. The number of thioether (sulfide) groups is 1. The molecule has 0 saturated heterocycles. The standard InChI is InChI=1S/C30H32N6O3S2/c1-39-22-8-6-21(7-9-22)36-25(16-31-27(38)30-13-18-10-19(14-30)12-20(11-18)15-30)34-35-29(36)40-17-26(37)33-28-32-23-4-2-3-5-24(23)41-28/h2-9,18-20H,10-17H2,1H3,(H,31,38)(H,32,33,37). The van der Waals surface area contributed by atoms with Crippen molar-refractivity contribution < 1.29 is 14.3 Å². The van der Waals surface area contributed by atoms with Crippen molar-refractivity contribution in [2.75, 3.05) is 18.2 Å². The fourth-order valence-corrected chi connectivity index (χ4v) is 9.10. The number of benzene rings is 2. The van der Waals surface area contributed by atoms with Gasteiger partial charge in [-0.2, -0.15) is 0 Å². The Balaban J connectivity index is 1.07. The SMILES string of the molecule is COc1ccc(-n2c(CNC(=O)C34CC5CC(CC(C5)C3)C4)nnc2SCC(=O)Nc2nc3ccccc3s2)cc1. The van der Waals surface area contributed by atoms with Crippen molar-refractivity contribution in [2.45, 2.75) is 50.2 Å². The van der Waals surface area contributed by atoms with Crippen LogP contribution in [0.4, 0.5) is 5.13 Å². The normalized spacial score (nSPS) is 24.5. The van der Waals surface area contributed by atoms with Crippen LogP contribution >= 0.6 is 23.1 Å². The van der Waals surface area contributed by atoms with Crippen LogP contribution in [0.5, 0.6) is 5.75 Å². The maximum Gasteiger partial charge on any atom is 0.236 e. The Morgan fingerprint density at radius 3 is 2.41 bits per heavy atom. The molecule has 41 heavy (non-hydrogen) atoms. The van der Waals surface area contributed by atoms with Crippen LogP contribution in [0, 0.1) is 23.2 Å². The Bertz CT molecular complexity index is 1530. The third-order valence-corrected chi connectivity index (χ3v) is 10.7. The summed E-state index contributed by atoms with van der Waals surface area (Å²) in [6.45, 7) is 0.276. The van der Waals surface area contributed by atoms with Gasteiger partial charge in [0.1, 0.15) is 5.75 Å². The zero-order chi connectivity index (χ0) is 28.0. The van der Waals surface area contributed by atoms with Gasteiger partial charge in [-0.25, -0.2) is 4.98 Å². The number of amides is 2. The number of nitrogens with one attached hydrogen (secondary N) is 2. The average Bonchev–Trinajstić information content (AvgIpc) is 3.57. The van der Waals surface area contributed by atoms with Crippen LogP contribution in [0.2, 0.25) is 0 Å². The highest BCUT2D eigenvalue weighted by Gasteiger charge is 2.54. The number of para-hydroxylation sites is 1. The molecule has 212 valence electrons. The van der Waals surface area contributed by atoms with E-state index in [1.165, 1.54) is 42.4 Å². The van der Waals surface area contributed by atoms with Crippen LogP contribution in [0.25, 0.3) is 15.9 Å². The van der Waals surface area contributed by atoms with E-state index >= 15 is 0 Å². The minimum absolute atomic E-state index is 0.143. The van der Waals surface area contributed by atoms with E-state index in [0.29, 0.717) is 33.9 Å². The first-order chi connectivity index (χ1) is 20.0. The van der Waals surface area contributed by atoms with E-state index in [0.717, 1.165) is 40.9 Å². The molecule has 4 saturated carbocycles. The first kappa shape index (κ1) is 26.5. The van der Waals surface area contributed by atoms with Gasteiger partial charge in [0.25, 0.3) is 0 Å². The number of hydrogen-bond donors (Lipinski definition) is 2. The Hall–Kier alpha value is -3.44. The second-order valence-electron chi connectivity index (χ2n) is 11.6. The van der Waals surface area contributed by atoms with Crippen molar-refractivity contribution in [2.24, 2.45) is 23.2 Å². The fourth-order valence-electron chi connectivity index (χ4n) is 7.45. The summed E-state index contributed by atoms with van der Waals surface area (Å²) in [5, 5.41) is 16.1. The zero-order valence-electron chi connectivity index (χ0n) is 22.8. The number of aromatic nitrogens is 4. The number of nitrogens with zero attached hydrogens (tertiary/aromatic N) is 4. The number of fused-ring (bicyclic) bond motifs is 1. The van der Waals surface area contributed by atoms with E-state index in [2.05, 4.69) is 25.8 Å². The van der Waals surface area contributed by atoms with Gasteiger partial charge in [0.15, 0.2) is 16.1 Å². The summed E-state index contributed by atoms with van der Waals surface area (Å²) in [6.07, 6.45) is 6.94. The molecular formula is C30H32N6O3S2. The Labute approximate surface area is 246 Å². The maximum atomic E-state index is 13.6. The molecule has 0 unspecified atom stereocenters. The molecular weight excluding hydrogens is 557 g/mol. The first-order valence-corrected chi connectivity index (χ1v) is 15.9. The Morgan fingerprint density at radius 2 is 1.73 bits per heavy atom. The van der Waals surface area contributed by atoms with Crippen molar-refractivity contribution in [3.05, 3.63) is 54.4 Å². The minimum atomic E-state index is -0.226. The van der Waals surface area contributed by atoms with Gasteiger partial charge in [-0.15, -0.1) is 10.2 Å². The molecule has 4 aliphatic carbocycles. The number of rotatable bonds is 9. The van der Waals surface area contributed by atoms with Crippen LogP contribution < -0.4 is 15.4 Å². The second-order valence-corrected chi connectivity index (χ2v) is 13.6. The van der Waals surface area contributed by atoms with Gasteiger partial charge >= 0.3 is 0 Å². The smallest absolute Gasteiger partial charge is 0.236 e. The maximum absolute atomic E-state index is 13.6. The third kappa shape index (κ3) is 5.21. The van der Waals surface area contributed by atoms with Gasteiger partial charge < -0.3 is 15.4 Å². The molecule has 2 N–H and O–H groups in total. The molecule has 2 aromatic carbocycles. The molecule has 11 heteroatoms. The van der Waals surface area contributed by atoms with Crippen LogP contribution in [-0.2, 0) is 16.1 Å². The number of carbonyl (C=O) groups excluding carboxylic acids is 2. The molecule has 4 aromatic rings. The quantitative estimate of drug-likeness (QED) is 0.250. The molecule has 8 rings (SSSR count). The number of methoxy groups -OCH3 is 1. The third-order valence-electron chi connectivity index (χ3n) is 8.83. The predicted octanol–water partition coefficient (Wildman–Crippen LogP) is 5.45. The number of hydrogen-bond acceptors (Lipinski definition) is 8. The van der Waals surface area contributed by atoms with Crippen LogP contribution in [0.1, 0.15) is 44.3 Å². The molecule has 2 aromatic heterocycles. The van der Waals surface area contributed by atoms with Gasteiger partial charge in [-0.05, 0) is 92.7 Å². The zero-order valence-corrected chi connectivity index (χ0v) is 24.5. The monoisotopic (exact) mass is 588 g/mol. The second kappa shape index (κ2) is 10.8. The number of anilines is 1. The summed E-state index contributed by atoms with van der Waals surface area (Å²) in [4.78, 5) is 30.9. The van der Waals surface area contributed by atoms with Crippen LogP contribution in [0.15, 0.2) is 53.7 Å². The number of ether oxygens (including phenoxy) is 1. The van der Waals surface area contributed by atoms with Gasteiger partial charge in [0.05, 0.1) is 29.6 Å². The van der Waals surface area contributed by atoms with Crippen LogP contribution in [0.3, 0.4) is 0 Å². The topological polar surface area (TPSA) is 111 Å². The number of thiazole rings is 1. The van der Waals surface area contributed by atoms with Gasteiger partial charge in [-0.1, -0.05) is 35.2 Å². The van der Waals surface area contributed by atoms with Crippen molar-refractivity contribution in [3.8, 4) is 11.4 Å². The summed E-state index contributed by atoms with van der Waals surface area (Å²) in [5.41, 5.74) is 1.47. The number of carbonyl (C=O) groups is 2. The first-order valence-electron chi connectivity index (χ1n) is 14.1. The summed E-state index contributed by atoms with van der Waals surface area (Å²) in [6, 6.07) is 15.4. The lowest BCUT2D eigenvalue weighted by atomic mass is 9.49. The predicted molar refractivity (Wildman–Crippen MR) is 159 cm³/mol. The molecule has 0 spiro atoms. The van der Waals surface area contributed by atoms with Crippen molar-refractivity contribution in [3.63, 3.8) is 0 Å². The summed E-state index contributed by atoms with van der Waals surface area (Å²) in [7, 11) is 1.63. The summed E-state index contributed by atoms with van der Waals surface area (Å²) in [5.74, 6) is 3.60. The largest absolute Gasteiger partial charge is 0.497 e. The van der Waals surface area contributed by atoms with E-state index in [1.807, 2.05) is 53.1 Å². The average molecular weight is 589 g/mol. The fraction of sp³-hybridized carbons (Fsp3) is 0.433. The van der Waals surface area contributed by atoms with E-state index in [9.17, 15) is 9.59 Å². The lowest BCUT2D eigenvalue weighted by Gasteiger charge is -2.55. The van der Waals surface area contributed by atoms with E-state index < -0.39 is 0 Å². The molecule has 2 heterocycles. The molecule has 0 atom stereocenters. The highest BCUT2D eigenvalue weighted by atomic mass is 32.2.